The van der Waals surface area contributed by atoms with Crippen LogP contribution in [-0.4, -0.2) is 10.2 Å². The molecule has 3 nitrogen and oxygen atoms in total. The van der Waals surface area contributed by atoms with E-state index in [0.717, 1.165) is 0 Å². The molecule has 0 aliphatic rings. The summed E-state index contributed by atoms with van der Waals surface area (Å²) in [6, 6.07) is 7.18. The molecule has 0 N–H and O–H groups in total. The highest BCUT2D eigenvalue weighted by molar-refractivity contribution is 6.33. The van der Waals surface area contributed by atoms with Gasteiger partial charge in [-0.05, 0) is 23.7 Å². The van der Waals surface area contributed by atoms with Crippen molar-refractivity contribution in [3.8, 4) is 11.5 Å². The van der Waals surface area contributed by atoms with E-state index in [9.17, 15) is 0 Å². The van der Waals surface area contributed by atoms with Crippen LogP contribution in [0.25, 0.3) is 11.5 Å². The Bertz CT molecular complexity index is 428. The van der Waals surface area contributed by atoms with Crippen LogP contribution in [0, 0.1) is 0 Å². The van der Waals surface area contributed by atoms with Crippen LogP contribution in [0.1, 0.15) is 0 Å². The minimum atomic E-state index is 0.00918. The standard InChI is InChI=1S/C8H4Cl2N2O/c9-6-4-2-1-3-5(6)7-11-12-8(10)13-7/h1-4H. The summed E-state index contributed by atoms with van der Waals surface area (Å²) < 4.78 is 5.01. The summed E-state index contributed by atoms with van der Waals surface area (Å²) in [6.07, 6.45) is 0. The molecule has 0 bridgehead atoms. The SMILES string of the molecule is Clc1nnc(-c2ccccc2Cl)o1. The molecule has 0 aliphatic heterocycles. The fourth-order valence-corrected chi connectivity index (χ4v) is 1.28. The molecule has 5 heteroatoms. The van der Waals surface area contributed by atoms with E-state index in [1.165, 1.54) is 0 Å². The first kappa shape index (κ1) is 8.53. The van der Waals surface area contributed by atoms with Gasteiger partial charge in [-0.25, -0.2) is 0 Å². The van der Waals surface area contributed by atoms with E-state index < -0.39 is 0 Å². The maximum Gasteiger partial charge on any atom is 0.313 e. The summed E-state index contributed by atoms with van der Waals surface area (Å²) in [5, 5.41) is 7.81. The van der Waals surface area contributed by atoms with Crippen molar-refractivity contribution < 1.29 is 4.42 Å². The predicted octanol–water partition coefficient (Wildman–Crippen LogP) is 3.04. The number of hydrogen-bond acceptors (Lipinski definition) is 3. The Morgan fingerprint density at radius 3 is 2.46 bits per heavy atom. The molecular weight excluding hydrogens is 211 g/mol. The van der Waals surface area contributed by atoms with E-state index in [-0.39, 0.29) is 5.35 Å². The van der Waals surface area contributed by atoms with Crippen molar-refractivity contribution in [2.24, 2.45) is 0 Å². The van der Waals surface area contributed by atoms with Crippen LogP contribution in [0.4, 0.5) is 0 Å². The van der Waals surface area contributed by atoms with Crippen molar-refractivity contribution in [1.82, 2.24) is 10.2 Å². The highest BCUT2D eigenvalue weighted by Crippen LogP contribution is 2.26. The van der Waals surface area contributed by atoms with Gasteiger partial charge in [-0.2, -0.15) is 0 Å². The summed E-state index contributed by atoms with van der Waals surface area (Å²) in [6.45, 7) is 0. The monoisotopic (exact) mass is 214 g/mol. The Hall–Kier alpha value is -1.06. The first-order valence-corrected chi connectivity index (χ1v) is 4.27. The second-order valence-electron chi connectivity index (χ2n) is 2.34. The number of aromatic nitrogens is 2. The van der Waals surface area contributed by atoms with Gasteiger partial charge in [0.05, 0.1) is 10.6 Å². The third-order valence-electron chi connectivity index (χ3n) is 1.50. The summed E-state index contributed by atoms with van der Waals surface area (Å²) in [7, 11) is 0. The fourth-order valence-electron chi connectivity index (χ4n) is 0.949. The van der Waals surface area contributed by atoms with Crippen LogP contribution in [0.5, 0.6) is 0 Å². The molecule has 0 saturated heterocycles. The molecule has 0 aliphatic carbocycles. The van der Waals surface area contributed by atoms with Gasteiger partial charge < -0.3 is 4.42 Å². The number of rotatable bonds is 1. The van der Waals surface area contributed by atoms with E-state index >= 15 is 0 Å². The van der Waals surface area contributed by atoms with Gasteiger partial charge in [0.25, 0.3) is 5.89 Å². The molecule has 2 rings (SSSR count). The van der Waals surface area contributed by atoms with Crippen LogP contribution in [0.3, 0.4) is 0 Å². The zero-order valence-corrected chi connectivity index (χ0v) is 7.88. The molecule has 0 amide bonds. The number of hydrogen-bond donors (Lipinski definition) is 0. The average molecular weight is 215 g/mol. The summed E-state index contributed by atoms with van der Waals surface area (Å²) in [5.41, 5.74) is 0.684. The minimum absolute atomic E-state index is 0.00918. The first-order chi connectivity index (χ1) is 6.27. The van der Waals surface area contributed by atoms with Crippen molar-refractivity contribution in [3.05, 3.63) is 34.6 Å². The zero-order valence-electron chi connectivity index (χ0n) is 6.37. The molecule has 0 atom stereocenters. The van der Waals surface area contributed by atoms with E-state index in [0.29, 0.717) is 16.5 Å². The lowest BCUT2D eigenvalue weighted by Crippen LogP contribution is -1.78. The second-order valence-corrected chi connectivity index (χ2v) is 3.07. The molecule has 1 heterocycles. The van der Waals surface area contributed by atoms with Crippen molar-refractivity contribution in [2.45, 2.75) is 0 Å². The lowest BCUT2D eigenvalue weighted by atomic mass is 10.2. The highest BCUT2D eigenvalue weighted by Gasteiger charge is 2.09. The molecule has 1 aromatic carbocycles. The predicted molar refractivity (Wildman–Crippen MR) is 49.8 cm³/mol. The molecule has 0 spiro atoms. The molecular formula is C8H4Cl2N2O. The van der Waals surface area contributed by atoms with Gasteiger partial charge in [0.15, 0.2) is 0 Å². The van der Waals surface area contributed by atoms with Gasteiger partial charge in [0.1, 0.15) is 0 Å². The van der Waals surface area contributed by atoms with Crippen molar-refractivity contribution >= 4 is 23.2 Å². The molecule has 0 saturated carbocycles. The Labute approximate surface area is 84.3 Å². The lowest BCUT2D eigenvalue weighted by molar-refractivity contribution is 0.571. The van der Waals surface area contributed by atoms with Gasteiger partial charge in [-0.3, -0.25) is 0 Å². The molecule has 13 heavy (non-hydrogen) atoms. The van der Waals surface area contributed by atoms with Gasteiger partial charge in [0, 0.05) is 0 Å². The molecule has 2 aromatic rings. The molecule has 66 valence electrons. The summed E-state index contributed by atoms with van der Waals surface area (Å²) in [4.78, 5) is 0. The van der Waals surface area contributed by atoms with Crippen LogP contribution in [0.2, 0.25) is 10.4 Å². The van der Waals surface area contributed by atoms with E-state index in [1.54, 1.807) is 12.1 Å². The first-order valence-electron chi connectivity index (χ1n) is 3.51. The van der Waals surface area contributed by atoms with Gasteiger partial charge >= 0.3 is 5.35 Å². The number of halogens is 2. The quantitative estimate of drug-likeness (QED) is 0.733. The van der Waals surface area contributed by atoms with Crippen LogP contribution >= 0.6 is 23.2 Å². The van der Waals surface area contributed by atoms with Crippen molar-refractivity contribution in [2.75, 3.05) is 0 Å². The zero-order chi connectivity index (χ0) is 9.26. The Balaban J connectivity index is 2.52. The van der Waals surface area contributed by atoms with Gasteiger partial charge in [-0.15, -0.1) is 5.10 Å². The van der Waals surface area contributed by atoms with Crippen LogP contribution in [-0.2, 0) is 0 Å². The largest absolute Gasteiger partial charge is 0.407 e. The Kier molecular flexibility index (Phi) is 2.20. The normalized spacial score (nSPS) is 10.3. The van der Waals surface area contributed by atoms with Crippen molar-refractivity contribution in [1.29, 1.82) is 0 Å². The van der Waals surface area contributed by atoms with Crippen molar-refractivity contribution in [3.63, 3.8) is 0 Å². The number of nitrogens with zero attached hydrogens (tertiary/aromatic N) is 2. The minimum Gasteiger partial charge on any atom is -0.407 e. The summed E-state index contributed by atoms with van der Waals surface area (Å²) >= 11 is 11.4. The number of benzene rings is 1. The average Bonchev–Trinajstić information content (AvgIpc) is 2.53. The fraction of sp³-hybridized carbons (Fsp3) is 0. The maximum atomic E-state index is 5.90. The third kappa shape index (κ3) is 1.66. The van der Waals surface area contributed by atoms with E-state index in [2.05, 4.69) is 10.2 Å². The summed E-state index contributed by atoms with van der Waals surface area (Å²) in [5.74, 6) is 0.329. The molecule has 0 radical (unpaired) electrons. The second kappa shape index (κ2) is 3.36. The van der Waals surface area contributed by atoms with E-state index in [4.69, 9.17) is 27.6 Å². The Morgan fingerprint density at radius 2 is 1.85 bits per heavy atom. The molecule has 0 unspecified atom stereocenters. The third-order valence-corrected chi connectivity index (χ3v) is 1.99. The van der Waals surface area contributed by atoms with Gasteiger partial charge in [0.2, 0.25) is 0 Å². The highest BCUT2D eigenvalue weighted by atomic mass is 35.5. The van der Waals surface area contributed by atoms with E-state index in [1.807, 2.05) is 12.1 Å². The van der Waals surface area contributed by atoms with Crippen LogP contribution < -0.4 is 0 Å². The molecule has 0 fully saturated rings. The van der Waals surface area contributed by atoms with Crippen LogP contribution in [0.15, 0.2) is 28.7 Å². The Morgan fingerprint density at radius 1 is 1.08 bits per heavy atom. The lowest BCUT2D eigenvalue weighted by Gasteiger charge is -1.95. The van der Waals surface area contributed by atoms with Gasteiger partial charge in [-0.1, -0.05) is 28.8 Å². The smallest absolute Gasteiger partial charge is 0.313 e. The topological polar surface area (TPSA) is 38.9 Å². The molecule has 1 aromatic heterocycles. The maximum absolute atomic E-state index is 5.90.